The number of benzene rings is 8. The van der Waals surface area contributed by atoms with Crippen molar-refractivity contribution in [2.45, 2.75) is 53.1 Å². The molecule has 9 rings (SSSR count). The van der Waals surface area contributed by atoms with Crippen molar-refractivity contribution >= 4 is 22.7 Å². The summed E-state index contributed by atoms with van der Waals surface area (Å²) in [6.45, 7) is 9.47. The Morgan fingerprint density at radius 2 is 0.652 bits per heavy atom. The Morgan fingerprint density at radius 1 is 0.348 bits per heavy atom. The van der Waals surface area contributed by atoms with Crippen molar-refractivity contribution < 1.29 is 4.58 Å². The lowest BCUT2D eigenvalue weighted by Crippen LogP contribution is -2.22. The minimum absolute atomic E-state index is 0.817. The molecule has 0 amide bonds. The zero-order valence-electron chi connectivity index (χ0n) is 38.2. The van der Waals surface area contributed by atoms with Crippen molar-refractivity contribution in [3.63, 3.8) is 0 Å². The summed E-state index contributed by atoms with van der Waals surface area (Å²) in [6.07, 6.45) is 9.31. The van der Waals surface area contributed by atoms with E-state index >= 15 is 0 Å². The van der Waals surface area contributed by atoms with Crippen LogP contribution < -0.4 is 9.80 Å². The highest BCUT2D eigenvalue weighted by Crippen LogP contribution is 2.37. The monoisotopic (exact) mass is 856 g/mol. The lowest BCUT2D eigenvalue weighted by Gasteiger charge is -2.28. The van der Waals surface area contributed by atoms with E-state index in [-0.39, 0.29) is 0 Å². The molecule has 0 saturated carbocycles. The van der Waals surface area contributed by atoms with E-state index in [9.17, 15) is 0 Å². The summed E-state index contributed by atoms with van der Waals surface area (Å²) < 4.78 is 2.48. The third-order valence-electron chi connectivity index (χ3n) is 12.5. The molecule has 0 atom stereocenters. The summed E-state index contributed by atoms with van der Waals surface area (Å²) in [5, 5.41) is 0. The number of aryl methyl sites for hydroxylation is 2. The Bertz CT molecular complexity index is 2670. The maximum Gasteiger partial charge on any atom is 0.200 e. The summed E-state index contributed by atoms with van der Waals surface area (Å²) in [5.41, 5.74) is 18.7. The van der Waals surface area contributed by atoms with Gasteiger partial charge in [0, 0.05) is 60.8 Å². The van der Waals surface area contributed by atoms with Gasteiger partial charge in [0.2, 0.25) is 5.71 Å². The first kappa shape index (κ1) is 43.5. The SMILES string of the molecule is Cc1cc(N(Cc2ccccc2)Cc2ccccc2)ccc1C(=C1C=CC(=[N+](Cc2ccccc2)Cc2ccccc2)C=C1)c1ccc(N(Cc2ccccc2)Cc2ccccc2)cc1C. The van der Waals surface area contributed by atoms with Gasteiger partial charge in [-0.15, -0.1) is 0 Å². The summed E-state index contributed by atoms with van der Waals surface area (Å²) >= 11 is 0. The van der Waals surface area contributed by atoms with Crippen molar-refractivity contribution in [2.24, 2.45) is 0 Å². The van der Waals surface area contributed by atoms with Gasteiger partial charge in [-0.05, 0) is 106 Å². The Morgan fingerprint density at radius 3 is 0.955 bits per heavy atom. The van der Waals surface area contributed by atoms with Crippen LogP contribution in [0.2, 0.25) is 0 Å². The second-order valence-corrected chi connectivity index (χ2v) is 17.4. The van der Waals surface area contributed by atoms with Gasteiger partial charge in [0.25, 0.3) is 0 Å². The molecule has 0 radical (unpaired) electrons. The van der Waals surface area contributed by atoms with E-state index in [1.54, 1.807) is 0 Å². The fourth-order valence-electron chi connectivity index (χ4n) is 9.08. The highest BCUT2D eigenvalue weighted by molar-refractivity contribution is 6.04. The Hall–Kier alpha value is -7.75. The number of anilines is 2. The van der Waals surface area contributed by atoms with Gasteiger partial charge in [0.05, 0.1) is 0 Å². The molecular formula is C63H58N3+. The van der Waals surface area contributed by atoms with E-state index in [1.807, 2.05) is 0 Å². The zero-order chi connectivity index (χ0) is 44.9. The van der Waals surface area contributed by atoms with Crippen LogP contribution in [-0.4, -0.2) is 10.3 Å². The molecule has 0 spiro atoms. The van der Waals surface area contributed by atoms with Crippen molar-refractivity contribution in [1.82, 2.24) is 0 Å². The van der Waals surface area contributed by atoms with Crippen molar-refractivity contribution in [1.29, 1.82) is 0 Å². The molecule has 324 valence electrons. The average molecular weight is 857 g/mol. The molecule has 0 aliphatic heterocycles. The van der Waals surface area contributed by atoms with Crippen LogP contribution in [0, 0.1) is 13.8 Å². The quantitative estimate of drug-likeness (QED) is 0.0896. The van der Waals surface area contributed by atoms with E-state index in [0.717, 1.165) is 39.3 Å². The standard InChI is InChI=1S/C63H58N3/c1-49-41-59(65(45-53-25-13-5-14-26-53)46-54-27-15-6-16-28-54)37-39-61(49)63(57-33-35-58(36-34-57)64(43-51-21-9-3-10-22-51)44-52-23-11-4-12-24-52)62-40-38-60(42-50(62)2)66(47-55-29-17-7-18-30-55)48-56-31-19-8-20-32-56/h3-42H,43-48H2,1-2H3/q+1. The first-order valence-corrected chi connectivity index (χ1v) is 23.2. The Kier molecular flexibility index (Phi) is 14.0. The molecule has 3 heteroatoms. The molecule has 8 aromatic carbocycles. The molecule has 0 fully saturated rings. The molecule has 66 heavy (non-hydrogen) atoms. The third-order valence-corrected chi connectivity index (χ3v) is 12.5. The first-order chi connectivity index (χ1) is 32.5. The van der Waals surface area contributed by atoms with Crippen LogP contribution in [0.4, 0.5) is 11.4 Å². The van der Waals surface area contributed by atoms with Gasteiger partial charge >= 0.3 is 0 Å². The fraction of sp³-hybridized carbons (Fsp3) is 0.127. The maximum absolute atomic E-state index is 2.50. The Balaban J connectivity index is 1.13. The van der Waals surface area contributed by atoms with Crippen LogP contribution >= 0.6 is 0 Å². The summed E-state index contributed by atoms with van der Waals surface area (Å²) in [6, 6.07) is 79.0. The smallest absolute Gasteiger partial charge is 0.200 e. The highest BCUT2D eigenvalue weighted by atomic mass is 15.1. The first-order valence-electron chi connectivity index (χ1n) is 23.2. The van der Waals surface area contributed by atoms with Crippen LogP contribution in [0.25, 0.3) is 5.57 Å². The van der Waals surface area contributed by atoms with E-state index in [1.165, 1.54) is 83.9 Å². The molecule has 3 nitrogen and oxygen atoms in total. The number of nitrogens with zero attached hydrogens (tertiary/aromatic N) is 3. The largest absolute Gasteiger partial charge is 0.363 e. The van der Waals surface area contributed by atoms with Crippen molar-refractivity contribution in [3.8, 4) is 0 Å². The average Bonchev–Trinajstić information content (AvgIpc) is 3.36. The van der Waals surface area contributed by atoms with Gasteiger partial charge < -0.3 is 9.80 Å². The molecule has 0 heterocycles. The minimum Gasteiger partial charge on any atom is -0.363 e. The normalized spacial score (nSPS) is 12.0. The number of allylic oxidation sites excluding steroid dienone is 5. The third kappa shape index (κ3) is 11.1. The molecular weight excluding hydrogens is 799 g/mol. The van der Waals surface area contributed by atoms with Gasteiger partial charge in [0.1, 0.15) is 0 Å². The number of hydrogen-bond acceptors (Lipinski definition) is 2. The van der Waals surface area contributed by atoms with Gasteiger partial charge in [-0.3, -0.25) is 0 Å². The summed E-state index contributed by atoms with van der Waals surface area (Å²) in [7, 11) is 0. The van der Waals surface area contributed by atoms with Gasteiger partial charge in [0.15, 0.2) is 13.1 Å². The van der Waals surface area contributed by atoms with Crippen LogP contribution in [0.3, 0.4) is 0 Å². The molecule has 0 aromatic heterocycles. The summed E-state index contributed by atoms with van der Waals surface area (Å²) in [4.78, 5) is 5.00. The van der Waals surface area contributed by atoms with Crippen molar-refractivity contribution in [3.05, 3.63) is 304 Å². The second kappa shape index (κ2) is 21.3. The molecule has 0 bridgehead atoms. The molecule has 0 saturated heterocycles. The van der Waals surface area contributed by atoms with Crippen LogP contribution in [-0.2, 0) is 39.3 Å². The van der Waals surface area contributed by atoms with Gasteiger partial charge in [-0.2, -0.15) is 0 Å². The topological polar surface area (TPSA) is 9.49 Å². The van der Waals surface area contributed by atoms with Crippen LogP contribution in [0.1, 0.15) is 55.6 Å². The number of rotatable bonds is 16. The lowest BCUT2D eigenvalue weighted by atomic mass is 9.86. The fourth-order valence-corrected chi connectivity index (χ4v) is 9.08. The molecule has 8 aromatic rings. The summed E-state index contributed by atoms with van der Waals surface area (Å²) in [5.74, 6) is 0. The maximum atomic E-state index is 2.50. The van der Waals surface area contributed by atoms with Crippen LogP contribution in [0.5, 0.6) is 0 Å². The van der Waals surface area contributed by atoms with Gasteiger partial charge in [-0.1, -0.05) is 194 Å². The molecule has 0 unspecified atom stereocenters. The van der Waals surface area contributed by atoms with E-state index < -0.39 is 0 Å². The number of hydrogen-bond donors (Lipinski definition) is 0. The van der Waals surface area contributed by atoms with Crippen LogP contribution in [0.15, 0.2) is 248 Å². The highest BCUT2D eigenvalue weighted by Gasteiger charge is 2.21. The van der Waals surface area contributed by atoms with Crippen molar-refractivity contribution in [2.75, 3.05) is 9.80 Å². The lowest BCUT2D eigenvalue weighted by molar-refractivity contribution is -0.558. The zero-order valence-corrected chi connectivity index (χ0v) is 38.2. The predicted octanol–water partition coefficient (Wildman–Crippen LogP) is 14.5. The van der Waals surface area contributed by atoms with E-state index in [2.05, 4.69) is 271 Å². The van der Waals surface area contributed by atoms with E-state index in [0.29, 0.717) is 0 Å². The van der Waals surface area contributed by atoms with E-state index in [4.69, 9.17) is 0 Å². The molecule has 1 aliphatic rings. The molecule has 0 N–H and O–H groups in total. The Labute approximate surface area is 392 Å². The molecule has 1 aliphatic carbocycles. The van der Waals surface area contributed by atoms with Gasteiger partial charge in [-0.25, -0.2) is 4.58 Å². The second-order valence-electron chi connectivity index (χ2n) is 17.4. The predicted molar refractivity (Wildman–Crippen MR) is 278 cm³/mol. The minimum atomic E-state index is 0.817.